The molecule has 0 saturated carbocycles. The summed E-state index contributed by atoms with van der Waals surface area (Å²) in [6.45, 7) is 4.02. The van der Waals surface area contributed by atoms with Crippen LogP contribution in [0.1, 0.15) is 19.5 Å². The Morgan fingerprint density at radius 3 is 2.82 bits per heavy atom. The lowest BCUT2D eigenvalue weighted by molar-refractivity contribution is 0.595. The van der Waals surface area contributed by atoms with Gasteiger partial charge in [-0.15, -0.1) is 5.10 Å². The zero-order valence-electron chi connectivity index (χ0n) is 9.41. The summed E-state index contributed by atoms with van der Waals surface area (Å²) >= 11 is 0.966. The quantitative estimate of drug-likeness (QED) is 0.842. The average molecular weight is 272 g/mol. The summed E-state index contributed by atoms with van der Waals surface area (Å²) in [6, 6.07) is 0. The fraction of sp³-hybridized carbons (Fsp3) is 0.333. The van der Waals surface area contributed by atoms with Gasteiger partial charge in [0.15, 0.2) is 0 Å². The van der Waals surface area contributed by atoms with Gasteiger partial charge in [-0.3, -0.25) is 0 Å². The molecule has 2 aromatic rings. The molecule has 6 nitrogen and oxygen atoms in total. The first-order valence-electron chi connectivity index (χ1n) is 4.87. The number of rotatable bonds is 3. The number of sulfonamides is 1. The van der Waals surface area contributed by atoms with E-state index in [1.165, 1.54) is 10.1 Å². The summed E-state index contributed by atoms with van der Waals surface area (Å²) in [7, 11) is -3.74. The molecular weight excluding hydrogens is 260 g/mol. The highest BCUT2D eigenvalue weighted by molar-refractivity contribution is 7.91. The summed E-state index contributed by atoms with van der Waals surface area (Å²) in [4.78, 5) is 4.81. The third kappa shape index (κ3) is 2.71. The van der Waals surface area contributed by atoms with E-state index >= 15 is 0 Å². The Morgan fingerprint density at radius 1 is 1.59 bits per heavy atom. The van der Waals surface area contributed by atoms with E-state index in [9.17, 15) is 8.42 Å². The molecule has 0 bridgehead atoms. The lowest BCUT2D eigenvalue weighted by atomic mass is 10.2. The average Bonchev–Trinajstić information content (AvgIpc) is 2.69. The summed E-state index contributed by atoms with van der Waals surface area (Å²) in [6.07, 6.45) is 4.47. The van der Waals surface area contributed by atoms with E-state index in [0.29, 0.717) is 11.4 Å². The van der Waals surface area contributed by atoms with Gasteiger partial charge in [-0.05, 0) is 13.8 Å². The summed E-state index contributed by atoms with van der Waals surface area (Å²) in [5, 5.41) is 8.86. The van der Waals surface area contributed by atoms with Crippen LogP contribution in [0.5, 0.6) is 0 Å². The summed E-state index contributed by atoms with van der Waals surface area (Å²) in [5.74, 6) is 0. The third-order valence-corrected chi connectivity index (χ3v) is 4.27. The van der Waals surface area contributed by atoms with Crippen LogP contribution in [-0.2, 0) is 16.4 Å². The maximum Gasteiger partial charge on any atom is 0.267 e. The van der Waals surface area contributed by atoms with Gasteiger partial charge in [0.1, 0.15) is 0 Å². The minimum absolute atomic E-state index is 0.117. The highest BCUT2D eigenvalue weighted by Crippen LogP contribution is 2.18. The fourth-order valence-corrected chi connectivity index (χ4v) is 2.77. The summed E-state index contributed by atoms with van der Waals surface area (Å²) in [5.41, 5.74) is 2.06. The number of fused-ring (bicyclic) bond motifs is 1. The zero-order chi connectivity index (χ0) is 12.6. The number of nitrogens with zero attached hydrogens (tertiary/aromatic N) is 3. The number of nitrogens with two attached hydrogens (primary N) is 1. The Balaban J connectivity index is 2.35. The van der Waals surface area contributed by atoms with Crippen LogP contribution in [0.25, 0.3) is 4.96 Å². The number of imidazole rings is 1. The molecule has 17 heavy (non-hydrogen) atoms. The van der Waals surface area contributed by atoms with Gasteiger partial charge in [-0.1, -0.05) is 23.0 Å². The molecule has 2 aromatic heterocycles. The molecule has 0 aliphatic rings. The van der Waals surface area contributed by atoms with E-state index in [2.05, 4.69) is 10.1 Å². The normalized spacial score (nSPS) is 11.9. The van der Waals surface area contributed by atoms with Crippen molar-refractivity contribution in [3.63, 3.8) is 0 Å². The maximum atomic E-state index is 11.1. The van der Waals surface area contributed by atoms with Crippen LogP contribution in [0, 0.1) is 0 Å². The van der Waals surface area contributed by atoms with Gasteiger partial charge in [0.05, 0.1) is 11.9 Å². The summed E-state index contributed by atoms with van der Waals surface area (Å²) < 4.78 is 23.5. The molecule has 0 saturated heterocycles. The zero-order valence-corrected chi connectivity index (χ0v) is 11.0. The first-order chi connectivity index (χ1) is 7.86. The molecule has 92 valence electrons. The van der Waals surface area contributed by atoms with Crippen molar-refractivity contribution in [2.24, 2.45) is 5.14 Å². The standard InChI is InChI=1S/C9H12N4O2S2/c1-6(2)3-4-7-5-13-8(11-7)16-9(12-13)17(10,14)15/h3,5H,4H2,1-2H3,(H2,10,14,15). The molecule has 0 atom stereocenters. The van der Waals surface area contributed by atoms with Crippen LogP contribution in [0.15, 0.2) is 22.2 Å². The molecule has 8 heteroatoms. The minimum Gasteiger partial charge on any atom is -0.223 e. The van der Waals surface area contributed by atoms with Gasteiger partial charge >= 0.3 is 0 Å². The Labute approximate surface area is 103 Å². The topological polar surface area (TPSA) is 90.4 Å². The molecule has 0 aliphatic heterocycles. The molecule has 0 aliphatic carbocycles. The van der Waals surface area contributed by atoms with Crippen molar-refractivity contribution in [3.05, 3.63) is 23.5 Å². The second kappa shape index (κ2) is 4.21. The van der Waals surface area contributed by atoms with Gasteiger partial charge in [-0.2, -0.15) is 0 Å². The van der Waals surface area contributed by atoms with Crippen molar-refractivity contribution in [1.29, 1.82) is 0 Å². The lowest BCUT2D eigenvalue weighted by Crippen LogP contribution is -2.12. The number of allylic oxidation sites excluding steroid dienone is 2. The SMILES string of the molecule is CC(C)=CCc1cn2nc(S(N)(=O)=O)sc2n1. The minimum atomic E-state index is -3.74. The first kappa shape index (κ1) is 12.2. The molecule has 0 radical (unpaired) electrons. The Hall–Kier alpha value is -1.25. The number of primary sulfonamides is 1. The van der Waals surface area contributed by atoms with Crippen molar-refractivity contribution in [1.82, 2.24) is 14.6 Å². The Morgan fingerprint density at radius 2 is 2.29 bits per heavy atom. The van der Waals surface area contributed by atoms with Gasteiger partial charge in [-0.25, -0.2) is 23.1 Å². The number of aromatic nitrogens is 3. The highest BCUT2D eigenvalue weighted by atomic mass is 32.2. The van der Waals surface area contributed by atoms with Gasteiger partial charge in [0.25, 0.3) is 10.0 Å². The molecule has 0 spiro atoms. The molecule has 2 N–H and O–H groups in total. The van der Waals surface area contributed by atoms with Gasteiger partial charge in [0.2, 0.25) is 9.30 Å². The van der Waals surface area contributed by atoms with E-state index in [0.717, 1.165) is 17.0 Å². The van der Waals surface area contributed by atoms with E-state index < -0.39 is 10.0 Å². The Bertz CT molecular complexity index is 645. The molecule has 0 aromatic carbocycles. The van der Waals surface area contributed by atoms with E-state index in [4.69, 9.17) is 5.14 Å². The maximum absolute atomic E-state index is 11.1. The molecule has 0 amide bonds. The smallest absolute Gasteiger partial charge is 0.223 e. The molecule has 2 rings (SSSR count). The van der Waals surface area contributed by atoms with E-state index in [1.807, 2.05) is 19.9 Å². The highest BCUT2D eigenvalue weighted by Gasteiger charge is 2.16. The monoisotopic (exact) mass is 272 g/mol. The van der Waals surface area contributed by atoms with Crippen molar-refractivity contribution in [2.75, 3.05) is 0 Å². The van der Waals surface area contributed by atoms with Crippen molar-refractivity contribution in [3.8, 4) is 0 Å². The molecule has 0 unspecified atom stereocenters. The van der Waals surface area contributed by atoms with Crippen LogP contribution in [0.4, 0.5) is 0 Å². The third-order valence-electron chi connectivity index (χ3n) is 2.04. The van der Waals surface area contributed by atoms with Gasteiger partial charge in [0, 0.05) is 6.42 Å². The molecule has 2 heterocycles. The van der Waals surface area contributed by atoms with Gasteiger partial charge < -0.3 is 0 Å². The van der Waals surface area contributed by atoms with Crippen LogP contribution >= 0.6 is 11.3 Å². The predicted molar refractivity (Wildman–Crippen MR) is 65.4 cm³/mol. The van der Waals surface area contributed by atoms with Crippen LogP contribution in [0.3, 0.4) is 0 Å². The van der Waals surface area contributed by atoms with Crippen molar-refractivity contribution in [2.45, 2.75) is 24.6 Å². The lowest BCUT2D eigenvalue weighted by Gasteiger charge is -1.89. The predicted octanol–water partition coefficient (Wildman–Crippen LogP) is 0.947. The van der Waals surface area contributed by atoms with Crippen LogP contribution in [-0.4, -0.2) is 23.0 Å². The van der Waals surface area contributed by atoms with E-state index in [-0.39, 0.29) is 4.34 Å². The number of hydrogen-bond acceptors (Lipinski definition) is 5. The number of hydrogen-bond donors (Lipinski definition) is 1. The molecule has 0 fully saturated rings. The second-order valence-electron chi connectivity index (χ2n) is 3.86. The van der Waals surface area contributed by atoms with Crippen molar-refractivity contribution < 1.29 is 8.42 Å². The Kier molecular flexibility index (Phi) is 3.02. The fourth-order valence-electron chi connectivity index (χ4n) is 1.25. The second-order valence-corrected chi connectivity index (χ2v) is 6.55. The molecular formula is C9H12N4O2S2. The van der Waals surface area contributed by atoms with Crippen LogP contribution < -0.4 is 5.14 Å². The van der Waals surface area contributed by atoms with E-state index in [1.54, 1.807) is 6.20 Å². The first-order valence-corrected chi connectivity index (χ1v) is 7.24. The van der Waals surface area contributed by atoms with Crippen molar-refractivity contribution >= 4 is 26.3 Å². The largest absolute Gasteiger partial charge is 0.267 e. The van der Waals surface area contributed by atoms with Crippen LogP contribution in [0.2, 0.25) is 0 Å².